The lowest BCUT2D eigenvalue weighted by atomic mass is 10.0. The predicted molar refractivity (Wildman–Crippen MR) is 156 cm³/mol. The van der Waals surface area contributed by atoms with Crippen LogP contribution in [0.15, 0.2) is 109 Å². The summed E-state index contributed by atoms with van der Waals surface area (Å²) in [5.41, 5.74) is 4.52. The van der Waals surface area contributed by atoms with E-state index in [4.69, 9.17) is 28.6 Å². The average molecular weight is 555 g/mol. The van der Waals surface area contributed by atoms with Crippen molar-refractivity contribution in [2.24, 2.45) is 0 Å². The van der Waals surface area contributed by atoms with Crippen LogP contribution in [0.2, 0.25) is 5.02 Å². The molecule has 39 heavy (non-hydrogen) atoms. The molecule has 3 heterocycles. The second kappa shape index (κ2) is 10.5. The number of benzene rings is 3. The molecule has 0 spiro atoms. The molecule has 2 atom stereocenters. The van der Waals surface area contributed by atoms with E-state index in [-0.39, 0.29) is 17.1 Å². The molecule has 1 saturated heterocycles. The predicted octanol–water partition coefficient (Wildman–Crippen LogP) is 7.94. The van der Waals surface area contributed by atoms with Gasteiger partial charge < -0.3 is 19.5 Å². The highest BCUT2D eigenvalue weighted by Crippen LogP contribution is 2.43. The van der Waals surface area contributed by atoms with Gasteiger partial charge in [-0.15, -0.1) is 0 Å². The molecule has 0 bridgehead atoms. The van der Waals surface area contributed by atoms with E-state index in [2.05, 4.69) is 15.2 Å². The zero-order valence-electron chi connectivity index (χ0n) is 21.0. The van der Waals surface area contributed by atoms with E-state index in [1.54, 1.807) is 18.3 Å². The van der Waals surface area contributed by atoms with Crippen LogP contribution in [-0.2, 0) is 0 Å². The van der Waals surface area contributed by atoms with Crippen molar-refractivity contribution in [2.75, 3.05) is 4.90 Å². The van der Waals surface area contributed by atoms with Crippen LogP contribution < -0.4 is 15.0 Å². The summed E-state index contributed by atoms with van der Waals surface area (Å²) < 4.78 is 22.1. The number of ether oxygens (including phenoxy) is 1. The average Bonchev–Trinajstić information content (AvgIpc) is 3.57. The van der Waals surface area contributed by atoms with E-state index < -0.39 is 5.82 Å². The van der Waals surface area contributed by atoms with Crippen molar-refractivity contribution in [3.63, 3.8) is 0 Å². The summed E-state index contributed by atoms with van der Waals surface area (Å²) >= 11 is 12.0. The van der Waals surface area contributed by atoms with Gasteiger partial charge in [0, 0.05) is 29.5 Å². The number of para-hydroxylation sites is 1. The standard InChI is InChI=1S/C31H24ClFN4OS/c1-20-7-2-3-10-28(20)38-23-14-11-21(12-15-23)37-30(29(35-31(37)39)26-8-4-5-17-34-26)27-9-6-18-36(27)22-13-16-25(33)24(32)19-22/h2-19,29-30H,1H3,(H,35,39)/t29-,30-/m1/s1. The number of aryl methyl sites for hydroxylation is 1. The van der Waals surface area contributed by atoms with E-state index in [1.165, 1.54) is 6.07 Å². The number of pyridine rings is 1. The van der Waals surface area contributed by atoms with Crippen molar-refractivity contribution in [1.82, 2.24) is 14.9 Å². The van der Waals surface area contributed by atoms with Crippen LogP contribution in [0.3, 0.4) is 0 Å². The maximum atomic E-state index is 14.0. The SMILES string of the molecule is Cc1ccccc1Oc1ccc(N2C(=S)N[C@H](c3ccccn3)[C@H]2c2cccn2-c2ccc(F)c(Cl)c2)cc1. The Bertz CT molecular complexity index is 1640. The molecule has 2 aromatic heterocycles. The number of hydrogen-bond acceptors (Lipinski definition) is 3. The van der Waals surface area contributed by atoms with Crippen LogP contribution in [0, 0.1) is 12.7 Å². The van der Waals surface area contributed by atoms with Crippen LogP contribution in [0.5, 0.6) is 11.5 Å². The van der Waals surface area contributed by atoms with Gasteiger partial charge in [0.15, 0.2) is 5.11 Å². The van der Waals surface area contributed by atoms with Gasteiger partial charge in [-0.1, -0.05) is 35.9 Å². The Hall–Kier alpha value is -4.20. The minimum absolute atomic E-state index is 0.0644. The largest absolute Gasteiger partial charge is 0.457 e. The van der Waals surface area contributed by atoms with Gasteiger partial charge in [0.05, 0.1) is 16.8 Å². The molecule has 1 N–H and O–H groups in total. The molecule has 6 rings (SSSR count). The third-order valence-electron chi connectivity index (χ3n) is 6.80. The summed E-state index contributed by atoms with van der Waals surface area (Å²) in [5, 5.41) is 4.12. The van der Waals surface area contributed by atoms with Crippen LogP contribution in [0.1, 0.15) is 29.0 Å². The van der Waals surface area contributed by atoms with E-state index in [0.29, 0.717) is 5.11 Å². The van der Waals surface area contributed by atoms with Gasteiger partial charge in [-0.25, -0.2) is 4.39 Å². The lowest BCUT2D eigenvalue weighted by molar-refractivity contribution is 0.479. The second-order valence-electron chi connectivity index (χ2n) is 9.26. The second-order valence-corrected chi connectivity index (χ2v) is 10.1. The van der Waals surface area contributed by atoms with Crippen molar-refractivity contribution >= 4 is 34.6 Å². The first-order valence-electron chi connectivity index (χ1n) is 12.5. The Balaban J connectivity index is 1.40. The molecule has 194 valence electrons. The van der Waals surface area contributed by atoms with Gasteiger partial charge in [-0.05, 0) is 97.5 Å². The Morgan fingerprint density at radius 2 is 1.69 bits per heavy atom. The van der Waals surface area contributed by atoms with Crippen molar-refractivity contribution < 1.29 is 9.13 Å². The fraction of sp³-hybridized carbons (Fsp3) is 0.0968. The van der Waals surface area contributed by atoms with Crippen LogP contribution >= 0.6 is 23.8 Å². The molecule has 1 aliphatic heterocycles. The van der Waals surface area contributed by atoms with Gasteiger partial charge in [0.25, 0.3) is 0 Å². The molecule has 8 heteroatoms. The van der Waals surface area contributed by atoms with E-state index in [9.17, 15) is 4.39 Å². The number of anilines is 1. The molecule has 0 aliphatic carbocycles. The van der Waals surface area contributed by atoms with E-state index in [1.807, 2.05) is 96.6 Å². The molecule has 1 fully saturated rings. The van der Waals surface area contributed by atoms with Crippen LogP contribution in [0.4, 0.5) is 10.1 Å². The number of rotatable bonds is 6. The maximum absolute atomic E-state index is 14.0. The smallest absolute Gasteiger partial charge is 0.174 e. The Labute approximate surface area is 236 Å². The highest BCUT2D eigenvalue weighted by molar-refractivity contribution is 7.80. The molecule has 0 saturated carbocycles. The Kier molecular flexibility index (Phi) is 6.77. The molecular formula is C31H24ClFN4OS. The van der Waals surface area contributed by atoms with Gasteiger partial charge in [-0.2, -0.15) is 0 Å². The first-order chi connectivity index (χ1) is 19.0. The molecule has 5 aromatic rings. The molecule has 0 amide bonds. The number of nitrogens with zero attached hydrogens (tertiary/aromatic N) is 3. The third-order valence-corrected chi connectivity index (χ3v) is 7.40. The Morgan fingerprint density at radius 3 is 2.44 bits per heavy atom. The molecular weight excluding hydrogens is 531 g/mol. The summed E-state index contributed by atoms with van der Waals surface area (Å²) in [7, 11) is 0. The number of nitrogens with one attached hydrogen (secondary N) is 1. The van der Waals surface area contributed by atoms with E-state index >= 15 is 0 Å². The van der Waals surface area contributed by atoms with Gasteiger partial charge in [0.2, 0.25) is 0 Å². The summed E-state index contributed by atoms with van der Waals surface area (Å²) in [5.74, 6) is 1.08. The number of thiocarbonyl (C=S) groups is 1. The first-order valence-corrected chi connectivity index (χ1v) is 13.2. The number of hydrogen-bond donors (Lipinski definition) is 1. The topological polar surface area (TPSA) is 42.3 Å². The minimum atomic E-state index is -0.459. The zero-order chi connectivity index (χ0) is 26.9. The number of aromatic nitrogens is 2. The summed E-state index contributed by atoms with van der Waals surface area (Å²) in [6, 6.07) is 29.8. The fourth-order valence-corrected chi connectivity index (χ4v) is 5.43. The monoisotopic (exact) mass is 554 g/mol. The van der Waals surface area contributed by atoms with Crippen molar-refractivity contribution in [3.05, 3.63) is 137 Å². The third kappa shape index (κ3) is 4.87. The molecule has 3 aromatic carbocycles. The van der Waals surface area contributed by atoms with Crippen molar-refractivity contribution in [2.45, 2.75) is 19.0 Å². The molecule has 0 radical (unpaired) electrons. The lowest BCUT2D eigenvalue weighted by Crippen LogP contribution is -2.30. The normalized spacial score (nSPS) is 16.8. The molecule has 0 unspecified atom stereocenters. The van der Waals surface area contributed by atoms with Gasteiger partial charge in [0.1, 0.15) is 23.4 Å². The Morgan fingerprint density at radius 1 is 0.923 bits per heavy atom. The van der Waals surface area contributed by atoms with Crippen molar-refractivity contribution in [1.29, 1.82) is 0 Å². The summed E-state index contributed by atoms with van der Waals surface area (Å²) in [4.78, 5) is 6.72. The van der Waals surface area contributed by atoms with Gasteiger partial charge >= 0.3 is 0 Å². The maximum Gasteiger partial charge on any atom is 0.174 e. The summed E-state index contributed by atoms with van der Waals surface area (Å²) in [6.45, 7) is 2.02. The van der Waals surface area contributed by atoms with Crippen LogP contribution in [0.25, 0.3) is 5.69 Å². The summed E-state index contributed by atoms with van der Waals surface area (Å²) in [6.07, 6.45) is 3.71. The minimum Gasteiger partial charge on any atom is -0.457 e. The quantitative estimate of drug-likeness (QED) is 0.216. The highest BCUT2D eigenvalue weighted by atomic mass is 35.5. The first kappa shape index (κ1) is 25.1. The zero-order valence-corrected chi connectivity index (χ0v) is 22.5. The number of halogens is 2. The highest BCUT2D eigenvalue weighted by Gasteiger charge is 2.42. The van der Waals surface area contributed by atoms with E-state index in [0.717, 1.165) is 39.8 Å². The molecule has 5 nitrogen and oxygen atoms in total. The van der Waals surface area contributed by atoms with Crippen LogP contribution in [-0.4, -0.2) is 14.7 Å². The fourth-order valence-electron chi connectivity index (χ4n) is 4.91. The van der Waals surface area contributed by atoms with Crippen molar-refractivity contribution in [3.8, 4) is 17.2 Å². The lowest BCUT2D eigenvalue weighted by Gasteiger charge is -2.29. The van der Waals surface area contributed by atoms with Gasteiger partial charge in [-0.3, -0.25) is 4.98 Å². The molecule has 1 aliphatic rings.